The summed E-state index contributed by atoms with van der Waals surface area (Å²) in [5.41, 5.74) is 0. The van der Waals surface area contributed by atoms with Gasteiger partial charge in [-0.2, -0.15) is 0 Å². The fourth-order valence-electron chi connectivity index (χ4n) is 1.76. The summed E-state index contributed by atoms with van der Waals surface area (Å²) in [7, 11) is 1.77. The van der Waals surface area contributed by atoms with Gasteiger partial charge in [-0.25, -0.2) is 0 Å². The molecule has 0 saturated carbocycles. The van der Waals surface area contributed by atoms with Gasteiger partial charge in [-0.15, -0.1) is 11.6 Å². The molecule has 0 aliphatic heterocycles. The molecule has 0 aromatic heterocycles. The van der Waals surface area contributed by atoms with Crippen molar-refractivity contribution in [2.75, 3.05) is 39.2 Å². The van der Waals surface area contributed by atoms with Gasteiger partial charge < -0.3 is 9.64 Å². The third kappa shape index (κ3) is 9.44. The largest absolute Gasteiger partial charge is 0.383 e. The van der Waals surface area contributed by atoms with Gasteiger partial charge in [0.25, 0.3) is 0 Å². The Balaban J connectivity index is 3.80. The van der Waals surface area contributed by atoms with Crippen molar-refractivity contribution in [3.05, 3.63) is 0 Å². The van der Waals surface area contributed by atoms with Gasteiger partial charge in [0, 0.05) is 26.1 Å². The van der Waals surface area contributed by atoms with E-state index in [-0.39, 0.29) is 0 Å². The maximum absolute atomic E-state index is 5.75. The summed E-state index contributed by atoms with van der Waals surface area (Å²) in [6, 6.07) is 0. The van der Waals surface area contributed by atoms with Gasteiger partial charge in [-0.05, 0) is 31.2 Å². The summed E-state index contributed by atoms with van der Waals surface area (Å²) in [6.45, 7) is 11.0. The lowest BCUT2D eigenvalue weighted by Crippen LogP contribution is -2.32. The van der Waals surface area contributed by atoms with Crippen molar-refractivity contribution in [1.29, 1.82) is 0 Å². The van der Waals surface area contributed by atoms with Gasteiger partial charge in [-0.3, -0.25) is 0 Å². The molecule has 1 unspecified atom stereocenters. The highest BCUT2D eigenvalue weighted by Crippen LogP contribution is 2.10. The predicted octanol–water partition coefficient (Wildman–Crippen LogP) is 3.25. The van der Waals surface area contributed by atoms with E-state index in [0.29, 0.717) is 0 Å². The van der Waals surface area contributed by atoms with Crippen LogP contribution in [-0.4, -0.2) is 44.1 Å². The Morgan fingerprint density at radius 3 is 2.31 bits per heavy atom. The van der Waals surface area contributed by atoms with Gasteiger partial charge in [0.2, 0.25) is 0 Å². The van der Waals surface area contributed by atoms with Crippen LogP contribution < -0.4 is 0 Å². The molecule has 0 aromatic rings. The molecule has 0 N–H and O–H groups in total. The molecule has 2 nitrogen and oxygen atoms in total. The van der Waals surface area contributed by atoms with Crippen molar-refractivity contribution >= 4 is 11.6 Å². The highest BCUT2D eigenvalue weighted by atomic mass is 35.5. The molecular weight excluding hydrogens is 222 g/mol. The van der Waals surface area contributed by atoms with Crippen LogP contribution in [0.15, 0.2) is 0 Å². The Kier molecular flexibility index (Phi) is 10.5. The first kappa shape index (κ1) is 16.2. The SMILES string of the molecule is COCCN(CCC(C)CCCl)CC(C)C. The maximum Gasteiger partial charge on any atom is 0.0589 e. The summed E-state index contributed by atoms with van der Waals surface area (Å²) >= 11 is 5.75. The highest BCUT2D eigenvalue weighted by Gasteiger charge is 2.09. The van der Waals surface area contributed by atoms with E-state index in [1.54, 1.807) is 7.11 Å². The molecule has 16 heavy (non-hydrogen) atoms. The van der Waals surface area contributed by atoms with E-state index >= 15 is 0 Å². The molecule has 0 aliphatic rings. The van der Waals surface area contributed by atoms with Gasteiger partial charge in [0.1, 0.15) is 0 Å². The van der Waals surface area contributed by atoms with E-state index in [1.807, 2.05) is 0 Å². The normalized spacial score (nSPS) is 13.7. The smallest absolute Gasteiger partial charge is 0.0589 e. The molecule has 1 atom stereocenters. The first-order chi connectivity index (χ1) is 7.60. The Morgan fingerprint density at radius 1 is 1.12 bits per heavy atom. The monoisotopic (exact) mass is 249 g/mol. The summed E-state index contributed by atoms with van der Waals surface area (Å²) < 4.78 is 5.15. The Hall–Kier alpha value is 0.210. The summed E-state index contributed by atoms with van der Waals surface area (Å²) in [6.07, 6.45) is 2.37. The van der Waals surface area contributed by atoms with E-state index < -0.39 is 0 Å². The average molecular weight is 250 g/mol. The molecule has 0 amide bonds. The molecule has 3 heteroatoms. The first-order valence-corrected chi connectivity index (χ1v) is 6.90. The van der Waals surface area contributed by atoms with Gasteiger partial charge >= 0.3 is 0 Å². The van der Waals surface area contributed by atoms with Crippen molar-refractivity contribution < 1.29 is 4.74 Å². The summed E-state index contributed by atoms with van der Waals surface area (Å²) in [4.78, 5) is 2.50. The van der Waals surface area contributed by atoms with Crippen molar-refractivity contribution in [1.82, 2.24) is 4.90 Å². The van der Waals surface area contributed by atoms with Gasteiger partial charge in [0.05, 0.1) is 6.61 Å². The number of nitrogens with zero attached hydrogens (tertiary/aromatic N) is 1. The third-order valence-corrected chi connectivity index (χ3v) is 2.99. The second-order valence-corrected chi connectivity index (χ2v) is 5.44. The predicted molar refractivity (Wildman–Crippen MR) is 72.3 cm³/mol. The first-order valence-electron chi connectivity index (χ1n) is 6.37. The summed E-state index contributed by atoms with van der Waals surface area (Å²) in [5, 5.41) is 0. The van der Waals surface area contributed by atoms with Crippen LogP contribution in [0.3, 0.4) is 0 Å². The number of hydrogen-bond donors (Lipinski definition) is 0. The van der Waals surface area contributed by atoms with Crippen molar-refractivity contribution in [2.24, 2.45) is 11.8 Å². The Bertz CT molecular complexity index is 153. The molecule has 0 saturated heterocycles. The standard InChI is InChI=1S/C13H28ClNO/c1-12(2)11-15(9-10-16-4)8-6-13(3)5-7-14/h12-13H,5-11H2,1-4H3. The minimum atomic E-state index is 0.722. The van der Waals surface area contributed by atoms with Gasteiger partial charge in [-0.1, -0.05) is 20.8 Å². The van der Waals surface area contributed by atoms with Crippen molar-refractivity contribution in [3.8, 4) is 0 Å². The second kappa shape index (κ2) is 10.4. The lowest BCUT2D eigenvalue weighted by Gasteiger charge is -2.25. The molecule has 0 heterocycles. The van der Waals surface area contributed by atoms with E-state index in [2.05, 4.69) is 25.7 Å². The quantitative estimate of drug-likeness (QED) is 0.551. The molecule has 0 radical (unpaired) electrons. The van der Waals surface area contributed by atoms with Crippen LogP contribution in [0, 0.1) is 11.8 Å². The lowest BCUT2D eigenvalue weighted by molar-refractivity contribution is 0.136. The molecule has 0 rings (SSSR count). The number of ether oxygens (including phenoxy) is 1. The molecule has 0 spiro atoms. The lowest BCUT2D eigenvalue weighted by atomic mass is 10.0. The Morgan fingerprint density at radius 2 is 1.81 bits per heavy atom. The van der Waals surface area contributed by atoms with E-state index in [4.69, 9.17) is 16.3 Å². The number of alkyl halides is 1. The molecule has 0 bridgehead atoms. The zero-order valence-corrected chi connectivity index (χ0v) is 12.1. The van der Waals surface area contributed by atoms with Crippen molar-refractivity contribution in [3.63, 3.8) is 0 Å². The minimum Gasteiger partial charge on any atom is -0.383 e. The maximum atomic E-state index is 5.75. The van der Waals surface area contributed by atoms with Crippen LogP contribution in [0.4, 0.5) is 0 Å². The fourth-order valence-corrected chi connectivity index (χ4v) is 2.14. The topological polar surface area (TPSA) is 12.5 Å². The third-order valence-electron chi connectivity index (χ3n) is 2.78. The average Bonchev–Trinajstić information content (AvgIpc) is 2.22. The number of halogens is 1. The molecule has 98 valence electrons. The van der Waals surface area contributed by atoms with Crippen LogP contribution in [0.1, 0.15) is 33.6 Å². The zero-order chi connectivity index (χ0) is 12.4. The van der Waals surface area contributed by atoms with Crippen LogP contribution in [0.5, 0.6) is 0 Å². The van der Waals surface area contributed by atoms with Gasteiger partial charge in [0.15, 0.2) is 0 Å². The molecular formula is C13H28ClNO. The van der Waals surface area contributed by atoms with E-state index in [1.165, 1.54) is 13.0 Å². The zero-order valence-electron chi connectivity index (χ0n) is 11.3. The van der Waals surface area contributed by atoms with Crippen LogP contribution in [-0.2, 0) is 4.74 Å². The summed E-state index contributed by atoms with van der Waals surface area (Å²) in [5.74, 6) is 2.23. The van der Waals surface area contributed by atoms with E-state index in [9.17, 15) is 0 Å². The number of rotatable bonds is 10. The van der Waals surface area contributed by atoms with Crippen LogP contribution >= 0.6 is 11.6 Å². The molecule has 0 aliphatic carbocycles. The highest BCUT2D eigenvalue weighted by molar-refractivity contribution is 6.17. The van der Waals surface area contributed by atoms with E-state index in [0.717, 1.165) is 43.8 Å². The second-order valence-electron chi connectivity index (χ2n) is 5.06. The Labute approximate surface area is 106 Å². The molecule has 0 aromatic carbocycles. The van der Waals surface area contributed by atoms with Crippen LogP contribution in [0.25, 0.3) is 0 Å². The fraction of sp³-hybridized carbons (Fsp3) is 1.00. The molecule has 0 fully saturated rings. The van der Waals surface area contributed by atoms with Crippen LogP contribution in [0.2, 0.25) is 0 Å². The van der Waals surface area contributed by atoms with Crippen molar-refractivity contribution in [2.45, 2.75) is 33.6 Å². The number of methoxy groups -OCH3 is 1. The number of hydrogen-bond acceptors (Lipinski definition) is 2. The minimum absolute atomic E-state index is 0.722.